The largest absolute Gasteiger partial charge is 0.317 e. The number of amides is 4. The SMILES string of the molecule is O=C1c2ccccc2C(=O)N1CCCCCNCCCN1C(=O)c2ccccc2C1=O. The van der Waals surface area contributed by atoms with Crippen molar-refractivity contribution in [2.75, 3.05) is 26.2 Å². The minimum absolute atomic E-state index is 0.202. The maximum atomic E-state index is 12.3. The molecule has 2 aliphatic heterocycles. The van der Waals surface area contributed by atoms with Crippen molar-refractivity contribution in [2.24, 2.45) is 0 Å². The van der Waals surface area contributed by atoms with Gasteiger partial charge in [0, 0.05) is 13.1 Å². The van der Waals surface area contributed by atoms with Crippen molar-refractivity contribution in [1.29, 1.82) is 0 Å². The van der Waals surface area contributed by atoms with Gasteiger partial charge in [0.1, 0.15) is 0 Å². The fourth-order valence-corrected chi connectivity index (χ4v) is 4.07. The summed E-state index contributed by atoms with van der Waals surface area (Å²) in [5.41, 5.74) is 1.96. The van der Waals surface area contributed by atoms with Crippen LogP contribution in [0.5, 0.6) is 0 Å². The zero-order chi connectivity index (χ0) is 21.8. The van der Waals surface area contributed by atoms with Crippen LogP contribution in [-0.4, -0.2) is 59.6 Å². The van der Waals surface area contributed by atoms with Crippen molar-refractivity contribution in [3.05, 3.63) is 70.8 Å². The number of nitrogens with zero attached hydrogens (tertiary/aromatic N) is 2. The predicted octanol–water partition coefficient (Wildman–Crippen LogP) is 2.73. The van der Waals surface area contributed by atoms with Gasteiger partial charge < -0.3 is 5.32 Å². The van der Waals surface area contributed by atoms with E-state index in [1.54, 1.807) is 48.5 Å². The highest BCUT2D eigenvalue weighted by atomic mass is 16.2. The molecule has 160 valence electrons. The Morgan fingerprint density at radius 2 is 0.903 bits per heavy atom. The van der Waals surface area contributed by atoms with Crippen molar-refractivity contribution in [3.8, 4) is 0 Å². The summed E-state index contributed by atoms with van der Waals surface area (Å²) in [6, 6.07) is 13.8. The number of fused-ring (bicyclic) bond motifs is 2. The molecule has 0 radical (unpaired) electrons. The lowest BCUT2D eigenvalue weighted by Gasteiger charge is -2.14. The van der Waals surface area contributed by atoms with Gasteiger partial charge in [-0.25, -0.2) is 0 Å². The third-order valence-electron chi connectivity index (χ3n) is 5.73. The zero-order valence-corrected chi connectivity index (χ0v) is 17.3. The predicted molar refractivity (Wildman–Crippen MR) is 115 cm³/mol. The topological polar surface area (TPSA) is 86.8 Å². The fraction of sp³-hybridized carbons (Fsp3) is 0.333. The van der Waals surface area contributed by atoms with Crippen molar-refractivity contribution in [1.82, 2.24) is 15.1 Å². The molecule has 0 aromatic heterocycles. The van der Waals surface area contributed by atoms with Crippen LogP contribution in [0.15, 0.2) is 48.5 Å². The van der Waals surface area contributed by atoms with Gasteiger partial charge in [0.05, 0.1) is 22.3 Å². The molecule has 0 saturated carbocycles. The summed E-state index contributed by atoms with van der Waals surface area (Å²) in [6.07, 6.45) is 3.29. The van der Waals surface area contributed by atoms with E-state index in [4.69, 9.17) is 0 Å². The number of nitrogens with one attached hydrogen (secondary N) is 1. The molecule has 0 bridgehead atoms. The van der Waals surface area contributed by atoms with E-state index >= 15 is 0 Å². The Labute approximate surface area is 181 Å². The second-order valence-corrected chi connectivity index (χ2v) is 7.78. The number of benzene rings is 2. The minimum Gasteiger partial charge on any atom is -0.317 e. The molecule has 4 rings (SSSR count). The van der Waals surface area contributed by atoms with E-state index in [1.807, 2.05) is 0 Å². The molecule has 1 N–H and O–H groups in total. The Balaban J connectivity index is 1.09. The van der Waals surface area contributed by atoms with Crippen molar-refractivity contribution in [2.45, 2.75) is 25.7 Å². The molecule has 0 unspecified atom stereocenters. The highest BCUT2D eigenvalue weighted by molar-refractivity contribution is 6.22. The third-order valence-corrected chi connectivity index (χ3v) is 5.73. The molecule has 2 aromatic carbocycles. The maximum Gasteiger partial charge on any atom is 0.261 e. The van der Waals surface area contributed by atoms with Crippen LogP contribution in [0.25, 0.3) is 0 Å². The van der Waals surface area contributed by atoms with Crippen molar-refractivity contribution >= 4 is 23.6 Å². The smallest absolute Gasteiger partial charge is 0.261 e. The van der Waals surface area contributed by atoms with E-state index < -0.39 is 0 Å². The number of carbonyl (C=O) groups excluding carboxylic acids is 4. The van der Waals surface area contributed by atoms with Crippen LogP contribution in [0.3, 0.4) is 0 Å². The van der Waals surface area contributed by atoms with Crippen molar-refractivity contribution < 1.29 is 19.2 Å². The molecule has 2 aliphatic rings. The molecule has 2 heterocycles. The van der Waals surface area contributed by atoms with E-state index in [0.717, 1.165) is 25.8 Å². The molecular weight excluding hydrogens is 394 g/mol. The Morgan fingerprint density at radius 1 is 0.516 bits per heavy atom. The molecule has 2 aromatic rings. The van der Waals surface area contributed by atoms with E-state index in [2.05, 4.69) is 5.32 Å². The Kier molecular flexibility index (Phi) is 6.23. The van der Waals surface area contributed by atoms with Gasteiger partial charge in [-0.05, 0) is 56.6 Å². The van der Waals surface area contributed by atoms with Gasteiger partial charge >= 0.3 is 0 Å². The van der Waals surface area contributed by atoms with Gasteiger partial charge in [-0.1, -0.05) is 30.7 Å². The number of imide groups is 2. The first-order valence-electron chi connectivity index (χ1n) is 10.7. The second kappa shape index (κ2) is 9.22. The molecule has 7 nitrogen and oxygen atoms in total. The molecule has 31 heavy (non-hydrogen) atoms. The summed E-state index contributed by atoms with van der Waals surface area (Å²) < 4.78 is 0. The summed E-state index contributed by atoms with van der Waals surface area (Å²) in [6.45, 7) is 2.36. The average molecular weight is 419 g/mol. The first-order chi connectivity index (χ1) is 15.1. The van der Waals surface area contributed by atoms with E-state index in [-0.39, 0.29) is 23.6 Å². The summed E-state index contributed by atoms with van der Waals surface area (Å²) >= 11 is 0. The normalized spacial score (nSPS) is 15.1. The number of hydrogen-bond donors (Lipinski definition) is 1. The monoisotopic (exact) mass is 419 g/mol. The molecular formula is C24H25N3O4. The van der Waals surface area contributed by atoms with Gasteiger partial charge in [-0.15, -0.1) is 0 Å². The average Bonchev–Trinajstić information content (AvgIpc) is 3.18. The van der Waals surface area contributed by atoms with E-state index in [1.165, 1.54) is 9.80 Å². The fourth-order valence-electron chi connectivity index (χ4n) is 4.07. The first kappa shape index (κ1) is 20.9. The Bertz CT molecular complexity index is 881. The summed E-state index contributed by atoms with van der Waals surface area (Å²) in [4.78, 5) is 51.9. The lowest BCUT2D eigenvalue weighted by Crippen LogP contribution is -2.32. The quantitative estimate of drug-likeness (QED) is 0.473. The molecule has 0 fully saturated rings. The van der Waals surface area contributed by atoms with Gasteiger partial charge in [0.2, 0.25) is 0 Å². The first-order valence-corrected chi connectivity index (χ1v) is 10.7. The second-order valence-electron chi connectivity index (χ2n) is 7.78. The van der Waals surface area contributed by atoms with Gasteiger partial charge in [0.15, 0.2) is 0 Å². The Hall–Kier alpha value is -3.32. The maximum absolute atomic E-state index is 12.3. The summed E-state index contributed by atoms with van der Waals surface area (Å²) in [5.74, 6) is -0.832. The highest BCUT2D eigenvalue weighted by Crippen LogP contribution is 2.23. The molecule has 7 heteroatoms. The minimum atomic E-state index is -0.214. The number of hydrogen-bond acceptors (Lipinski definition) is 5. The molecule has 0 spiro atoms. The van der Waals surface area contributed by atoms with Crippen LogP contribution in [0.4, 0.5) is 0 Å². The van der Waals surface area contributed by atoms with Crippen LogP contribution in [0.1, 0.15) is 67.1 Å². The number of carbonyl (C=O) groups is 4. The van der Waals surface area contributed by atoms with Crippen LogP contribution >= 0.6 is 0 Å². The third kappa shape index (κ3) is 4.14. The molecule has 0 aliphatic carbocycles. The van der Waals surface area contributed by atoms with Crippen LogP contribution in [-0.2, 0) is 0 Å². The lowest BCUT2D eigenvalue weighted by molar-refractivity contribution is 0.0637. The zero-order valence-electron chi connectivity index (χ0n) is 17.3. The Morgan fingerprint density at radius 3 is 1.35 bits per heavy atom. The lowest BCUT2D eigenvalue weighted by atomic mass is 10.1. The molecule has 4 amide bonds. The molecule has 0 atom stereocenters. The van der Waals surface area contributed by atoms with Crippen LogP contribution in [0.2, 0.25) is 0 Å². The van der Waals surface area contributed by atoms with Gasteiger partial charge in [-0.2, -0.15) is 0 Å². The van der Waals surface area contributed by atoms with E-state index in [0.29, 0.717) is 48.3 Å². The number of unbranched alkanes of at least 4 members (excludes halogenated alkanes) is 2. The van der Waals surface area contributed by atoms with Gasteiger partial charge in [0.25, 0.3) is 23.6 Å². The van der Waals surface area contributed by atoms with Crippen molar-refractivity contribution in [3.63, 3.8) is 0 Å². The van der Waals surface area contributed by atoms with Gasteiger partial charge in [-0.3, -0.25) is 29.0 Å². The van der Waals surface area contributed by atoms with E-state index in [9.17, 15) is 19.2 Å². The number of rotatable bonds is 10. The molecule has 0 saturated heterocycles. The standard InChI is InChI=1S/C24H25N3O4/c28-21-17-9-2-3-10-18(17)22(29)26(21)15-7-1-6-13-25-14-8-16-27-23(30)19-11-4-5-12-20(19)24(27)31/h2-5,9-12,25H,1,6-8,13-16H2. The van der Waals surface area contributed by atoms with Crippen LogP contribution < -0.4 is 5.32 Å². The van der Waals surface area contributed by atoms with Crippen LogP contribution in [0, 0.1) is 0 Å². The highest BCUT2D eigenvalue weighted by Gasteiger charge is 2.35. The summed E-state index contributed by atoms with van der Waals surface area (Å²) in [5, 5.41) is 3.32. The summed E-state index contributed by atoms with van der Waals surface area (Å²) in [7, 11) is 0.